The van der Waals surface area contributed by atoms with Crippen LogP contribution in [0.2, 0.25) is 0 Å². The van der Waals surface area contributed by atoms with Gasteiger partial charge in [0.25, 0.3) is 0 Å². The first-order valence-electron chi connectivity index (χ1n) is 16.2. The maximum absolute atomic E-state index is 2.58. The molecule has 0 aromatic rings. The Morgan fingerprint density at radius 1 is 0.242 bits per heavy atom. The molecule has 0 nitrogen and oxygen atoms in total. The molecular weight excluding hydrogens is 396 g/mol. The van der Waals surface area contributed by atoms with E-state index in [4.69, 9.17) is 0 Å². The molecule has 1 radical (unpaired) electrons. The lowest BCUT2D eigenvalue weighted by molar-refractivity contribution is 0.529. The summed E-state index contributed by atoms with van der Waals surface area (Å²) in [6.07, 6.45) is 46.4. The van der Waals surface area contributed by atoms with Gasteiger partial charge >= 0.3 is 0 Å². The Morgan fingerprint density at radius 2 is 0.424 bits per heavy atom. The molecule has 0 aliphatic rings. The average molecular weight is 464 g/mol. The summed E-state index contributed by atoms with van der Waals surface area (Å²) in [5.41, 5.74) is 0. The minimum Gasteiger partial charge on any atom is -0.0654 e. The van der Waals surface area contributed by atoms with Crippen molar-refractivity contribution in [1.29, 1.82) is 0 Å². The summed E-state index contributed by atoms with van der Waals surface area (Å²) in [5, 5.41) is 0. The van der Waals surface area contributed by atoms with Gasteiger partial charge in [-0.2, -0.15) is 0 Å². The highest BCUT2D eigenvalue weighted by atomic mass is 14.0. The summed E-state index contributed by atoms with van der Waals surface area (Å²) in [4.78, 5) is 0. The molecule has 0 aromatic carbocycles. The summed E-state index contributed by atoms with van der Waals surface area (Å²) in [6, 6.07) is 0. The molecule has 0 heteroatoms. The maximum Gasteiger partial charge on any atom is -0.0386 e. The Morgan fingerprint density at radius 3 is 0.636 bits per heavy atom. The fraction of sp³-hybridized carbons (Fsp3) is 0.970. The van der Waals surface area contributed by atoms with Crippen LogP contribution >= 0.6 is 0 Å². The van der Waals surface area contributed by atoms with E-state index in [2.05, 4.69) is 20.3 Å². The van der Waals surface area contributed by atoms with Gasteiger partial charge in [-0.15, -0.1) is 0 Å². The van der Waals surface area contributed by atoms with E-state index in [1.807, 2.05) is 0 Å². The van der Waals surface area contributed by atoms with Gasteiger partial charge < -0.3 is 0 Å². The monoisotopic (exact) mass is 464 g/mol. The third kappa shape index (κ3) is 32.0. The number of hydrogen-bond donors (Lipinski definition) is 0. The van der Waals surface area contributed by atoms with E-state index in [9.17, 15) is 0 Å². The van der Waals surface area contributed by atoms with Gasteiger partial charge in [0.05, 0.1) is 0 Å². The van der Waals surface area contributed by atoms with Crippen molar-refractivity contribution in [1.82, 2.24) is 0 Å². The molecule has 0 unspecified atom stereocenters. The smallest absolute Gasteiger partial charge is 0.0386 e. The zero-order valence-electron chi connectivity index (χ0n) is 23.8. The molecule has 0 aliphatic carbocycles. The van der Waals surface area contributed by atoms with Crippen LogP contribution in [0.1, 0.15) is 206 Å². The summed E-state index contributed by atoms with van der Waals surface area (Å²) in [7, 11) is 0. The number of unbranched alkanes of at least 4 members (excludes halogenated alkanes) is 30. The average Bonchev–Trinajstić information content (AvgIpc) is 2.83. The molecule has 0 heterocycles. The Bertz CT molecular complexity index is 277. The summed E-state index contributed by atoms with van der Waals surface area (Å²) in [6.45, 7) is 4.61. The largest absolute Gasteiger partial charge is 0.0654 e. The minimum atomic E-state index is 1.37. The molecule has 0 bridgehead atoms. The van der Waals surface area contributed by atoms with Gasteiger partial charge in [-0.25, -0.2) is 0 Å². The fourth-order valence-corrected chi connectivity index (χ4v) is 5.11. The van der Waals surface area contributed by atoms with Crippen LogP contribution in [-0.2, 0) is 0 Å². The van der Waals surface area contributed by atoms with E-state index < -0.39 is 0 Å². The van der Waals surface area contributed by atoms with Crippen molar-refractivity contribution in [3.63, 3.8) is 0 Å². The second kappa shape index (κ2) is 32.0. The van der Waals surface area contributed by atoms with Crippen molar-refractivity contribution in [3.05, 3.63) is 6.42 Å². The maximum atomic E-state index is 2.58. The second-order valence-electron chi connectivity index (χ2n) is 11.1. The summed E-state index contributed by atoms with van der Waals surface area (Å²) in [5.74, 6) is 0. The van der Waals surface area contributed by atoms with Crippen LogP contribution in [0.5, 0.6) is 0 Å². The van der Waals surface area contributed by atoms with Crippen molar-refractivity contribution in [2.45, 2.75) is 206 Å². The Labute approximate surface area is 212 Å². The highest BCUT2D eigenvalue weighted by Crippen LogP contribution is 2.16. The van der Waals surface area contributed by atoms with Crippen molar-refractivity contribution in [2.24, 2.45) is 0 Å². The lowest BCUT2D eigenvalue weighted by Gasteiger charge is -2.04. The predicted molar refractivity (Wildman–Crippen MR) is 154 cm³/mol. The highest BCUT2D eigenvalue weighted by Gasteiger charge is 1.96. The molecule has 0 atom stereocenters. The highest BCUT2D eigenvalue weighted by molar-refractivity contribution is 4.64. The molecule has 0 aromatic heterocycles. The third-order valence-electron chi connectivity index (χ3n) is 7.52. The minimum absolute atomic E-state index is 1.37. The van der Waals surface area contributed by atoms with Crippen LogP contribution in [-0.4, -0.2) is 0 Å². The molecule has 0 fully saturated rings. The van der Waals surface area contributed by atoms with Crippen LogP contribution in [0.25, 0.3) is 0 Å². The molecule has 0 rings (SSSR count). The van der Waals surface area contributed by atoms with E-state index in [1.54, 1.807) is 0 Å². The van der Waals surface area contributed by atoms with Gasteiger partial charge in [0.2, 0.25) is 0 Å². The van der Waals surface area contributed by atoms with Crippen LogP contribution in [0, 0.1) is 6.42 Å². The Hall–Kier alpha value is 0. The van der Waals surface area contributed by atoms with Gasteiger partial charge in [-0.1, -0.05) is 206 Å². The Balaban J connectivity index is 2.99. The van der Waals surface area contributed by atoms with E-state index in [0.29, 0.717) is 0 Å². The molecule has 0 N–H and O–H groups in total. The zero-order valence-corrected chi connectivity index (χ0v) is 23.8. The van der Waals surface area contributed by atoms with Crippen LogP contribution in [0.15, 0.2) is 0 Å². The molecule has 0 aliphatic heterocycles. The van der Waals surface area contributed by atoms with Crippen molar-refractivity contribution < 1.29 is 0 Å². The van der Waals surface area contributed by atoms with Gasteiger partial charge in [0.1, 0.15) is 0 Å². The first-order valence-corrected chi connectivity index (χ1v) is 16.2. The van der Waals surface area contributed by atoms with Crippen LogP contribution in [0.4, 0.5) is 0 Å². The number of rotatable bonds is 30. The second-order valence-corrected chi connectivity index (χ2v) is 11.1. The fourth-order valence-electron chi connectivity index (χ4n) is 5.11. The zero-order chi connectivity index (χ0) is 23.9. The lowest BCUT2D eigenvalue weighted by Crippen LogP contribution is -1.85. The molecular formula is C33H67. The number of hydrogen-bond acceptors (Lipinski definition) is 0. The van der Waals surface area contributed by atoms with Crippen molar-refractivity contribution in [3.8, 4) is 0 Å². The van der Waals surface area contributed by atoms with Crippen molar-refractivity contribution in [2.75, 3.05) is 0 Å². The standard InChI is InChI=1S/C33H67/c1-3-5-7-9-11-13-15-17-19-21-23-25-27-29-31-33-32-30-28-26-24-22-20-18-16-14-12-10-8-6-4-2/h31H,3-30,32-33H2,1-2H3. The molecule has 0 saturated heterocycles. The lowest BCUT2D eigenvalue weighted by atomic mass is 10.0. The van der Waals surface area contributed by atoms with Gasteiger partial charge in [0, 0.05) is 0 Å². The van der Waals surface area contributed by atoms with E-state index in [-0.39, 0.29) is 0 Å². The molecule has 33 heavy (non-hydrogen) atoms. The summed E-state index contributed by atoms with van der Waals surface area (Å²) >= 11 is 0. The van der Waals surface area contributed by atoms with Crippen molar-refractivity contribution >= 4 is 0 Å². The molecule has 0 amide bonds. The van der Waals surface area contributed by atoms with Gasteiger partial charge in [0.15, 0.2) is 0 Å². The predicted octanol–water partition coefficient (Wildman–Crippen LogP) is 12.9. The molecule has 199 valence electrons. The normalized spacial score (nSPS) is 11.5. The van der Waals surface area contributed by atoms with E-state index in [0.717, 1.165) is 0 Å². The third-order valence-corrected chi connectivity index (χ3v) is 7.52. The van der Waals surface area contributed by atoms with Crippen LogP contribution < -0.4 is 0 Å². The SMILES string of the molecule is CCCCCCCCCCCCCCC[CH]CCCCCCCCCCCCCCCCC. The topological polar surface area (TPSA) is 0 Å². The van der Waals surface area contributed by atoms with E-state index >= 15 is 0 Å². The van der Waals surface area contributed by atoms with E-state index in [1.165, 1.54) is 193 Å². The Kier molecular flexibility index (Phi) is 32.0. The van der Waals surface area contributed by atoms with Crippen LogP contribution in [0.3, 0.4) is 0 Å². The summed E-state index contributed by atoms with van der Waals surface area (Å²) < 4.78 is 0. The quantitative estimate of drug-likeness (QED) is 0.0929. The first-order chi connectivity index (χ1) is 16.4. The van der Waals surface area contributed by atoms with Gasteiger partial charge in [-0.05, 0) is 6.42 Å². The molecule has 0 spiro atoms. The molecule has 0 saturated carbocycles. The first kappa shape index (κ1) is 33.0. The van der Waals surface area contributed by atoms with Gasteiger partial charge in [-0.3, -0.25) is 0 Å².